The van der Waals surface area contributed by atoms with Crippen LogP contribution in [0.15, 0.2) is 35.3 Å². The topological polar surface area (TPSA) is 56.7 Å². The first-order chi connectivity index (χ1) is 6.83. The first-order valence-electron chi connectivity index (χ1n) is 4.15. The van der Waals surface area contributed by atoms with E-state index in [0.717, 1.165) is 15.7 Å². The van der Waals surface area contributed by atoms with Crippen molar-refractivity contribution in [2.45, 2.75) is 6.54 Å². The predicted molar refractivity (Wildman–Crippen MR) is 57.0 cm³/mol. The number of benzene rings is 1. The third-order valence-corrected chi connectivity index (χ3v) is 2.61. The summed E-state index contributed by atoms with van der Waals surface area (Å²) in [6.07, 6.45) is 3.30. The molecule has 14 heavy (non-hydrogen) atoms. The molecule has 0 aliphatic heterocycles. The van der Waals surface area contributed by atoms with Gasteiger partial charge in [-0.3, -0.25) is 4.57 Å². The zero-order chi connectivity index (χ0) is 9.97. The molecular weight excluding hydrogens is 244 g/mol. The Labute approximate surface area is 89.9 Å². The largest absolute Gasteiger partial charge is 0.326 e. The van der Waals surface area contributed by atoms with Crippen molar-refractivity contribution in [2.24, 2.45) is 5.73 Å². The molecule has 0 atom stereocenters. The SMILES string of the molecule is NCc1cccc(Br)c1-n1cnnc1. The standard InChI is InChI=1S/C9H9BrN4/c10-8-3-1-2-7(4-11)9(8)14-5-12-13-6-14/h1-3,5-6H,4,11H2. The number of hydrogen-bond acceptors (Lipinski definition) is 3. The van der Waals surface area contributed by atoms with E-state index in [2.05, 4.69) is 26.1 Å². The second-order valence-corrected chi connectivity index (χ2v) is 3.68. The Balaban J connectivity index is 2.61. The summed E-state index contributed by atoms with van der Waals surface area (Å²) >= 11 is 3.48. The van der Waals surface area contributed by atoms with Gasteiger partial charge < -0.3 is 5.73 Å². The summed E-state index contributed by atoms with van der Waals surface area (Å²) in [6.45, 7) is 0.493. The fourth-order valence-electron chi connectivity index (χ4n) is 1.33. The van der Waals surface area contributed by atoms with Crippen molar-refractivity contribution >= 4 is 15.9 Å². The molecule has 0 spiro atoms. The van der Waals surface area contributed by atoms with Gasteiger partial charge in [-0.2, -0.15) is 0 Å². The van der Waals surface area contributed by atoms with E-state index >= 15 is 0 Å². The van der Waals surface area contributed by atoms with Crippen LogP contribution in [-0.2, 0) is 6.54 Å². The summed E-state index contributed by atoms with van der Waals surface area (Å²) in [4.78, 5) is 0. The van der Waals surface area contributed by atoms with Gasteiger partial charge in [0.2, 0.25) is 0 Å². The van der Waals surface area contributed by atoms with Crippen LogP contribution >= 0.6 is 15.9 Å². The fourth-order valence-corrected chi connectivity index (χ4v) is 1.94. The molecule has 1 aromatic carbocycles. The lowest BCUT2D eigenvalue weighted by atomic mass is 10.2. The van der Waals surface area contributed by atoms with Gasteiger partial charge in [-0.25, -0.2) is 0 Å². The number of rotatable bonds is 2. The smallest absolute Gasteiger partial charge is 0.123 e. The maximum absolute atomic E-state index is 5.65. The minimum absolute atomic E-state index is 0.493. The molecule has 72 valence electrons. The molecule has 0 fully saturated rings. The van der Waals surface area contributed by atoms with E-state index in [9.17, 15) is 0 Å². The third-order valence-electron chi connectivity index (χ3n) is 1.97. The minimum atomic E-state index is 0.493. The molecule has 2 aromatic rings. The van der Waals surface area contributed by atoms with E-state index in [1.54, 1.807) is 12.7 Å². The monoisotopic (exact) mass is 252 g/mol. The average Bonchev–Trinajstić information content (AvgIpc) is 2.70. The summed E-state index contributed by atoms with van der Waals surface area (Å²) in [5, 5.41) is 7.53. The normalized spacial score (nSPS) is 10.4. The lowest BCUT2D eigenvalue weighted by Crippen LogP contribution is -2.03. The van der Waals surface area contributed by atoms with E-state index in [-0.39, 0.29) is 0 Å². The lowest BCUT2D eigenvalue weighted by molar-refractivity contribution is 0.975. The number of para-hydroxylation sites is 1. The molecule has 5 heteroatoms. The zero-order valence-electron chi connectivity index (χ0n) is 7.39. The number of nitrogens with two attached hydrogens (primary N) is 1. The number of aromatic nitrogens is 3. The minimum Gasteiger partial charge on any atom is -0.326 e. The fraction of sp³-hybridized carbons (Fsp3) is 0.111. The van der Waals surface area contributed by atoms with Crippen LogP contribution in [0, 0.1) is 0 Å². The van der Waals surface area contributed by atoms with Gasteiger partial charge in [0.25, 0.3) is 0 Å². The van der Waals surface area contributed by atoms with Crippen molar-refractivity contribution in [3.8, 4) is 5.69 Å². The lowest BCUT2D eigenvalue weighted by Gasteiger charge is -2.09. The molecule has 2 rings (SSSR count). The summed E-state index contributed by atoms with van der Waals surface area (Å²) in [7, 11) is 0. The molecule has 1 aromatic heterocycles. The molecule has 0 bridgehead atoms. The van der Waals surface area contributed by atoms with Gasteiger partial charge in [0, 0.05) is 11.0 Å². The van der Waals surface area contributed by atoms with Crippen molar-refractivity contribution in [3.63, 3.8) is 0 Å². The van der Waals surface area contributed by atoms with Crippen molar-refractivity contribution in [1.29, 1.82) is 0 Å². The van der Waals surface area contributed by atoms with Crippen LogP contribution in [0.5, 0.6) is 0 Å². The van der Waals surface area contributed by atoms with Crippen molar-refractivity contribution in [3.05, 3.63) is 40.9 Å². The van der Waals surface area contributed by atoms with Gasteiger partial charge in [0.15, 0.2) is 0 Å². The van der Waals surface area contributed by atoms with E-state index in [1.807, 2.05) is 22.8 Å². The van der Waals surface area contributed by atoms with Crippen LogP contribution in [0.4, 0.5) is 0 Å². The molecule has 4 nitrogen and oxygen atoms in total. The van der Waals surface area contributed by atoms with Crippen LogP contribution in [0.1, 0.15) is 5.56 Å². The summed E-state index contributed by atoms with van der Waals surface area (Å²) in [6, 6.07) is 5.91. The van der Waals surface area contributed by atoms with Gasteiger partial charge in [0.1, 0.15) is 12.7 Å². The summed E-state index contributed by atoms with van der Waals surface area (Å²) in [5.41, 5.74) is 7.71. The molecule has 0 unspecified atom stereocenters. The summed E-state index contributed by atoms with van der Waals surface area (Å²) in [5.74, 6) is 0. The maximum atomic E-state index is 5.65. The molecule has 0 aliphatic rings. The molecule has 0 radical (unpaired) electrons. The van der Waals surface area contributed by atoms with Crippen LogP contribution < -0.4 is 5.73 Å². The number of nitrogens with zero attached hydrogens (tertiary/aromatic N) is 3. The average molecular weight is 253 g/mol. The van der Waals surface area contributed by atoms with Crippen LogP contribution in [0.2, 0.25) is 0 Å². The highest BCUT2D eigenvalue weighted by atomic mass is 79.9. The van der Waals surface area contributed by atoms with E-state index in [4.69, 9.17) is 5.73 Å². The van der Waals surface area contributed by atoms with E-state index < -0.39 is 0 Å². The molecule has 0 aliphatic carbocycles. The first kappa shape index (κ1) is 9.36. The Morgan fingerprint density at radius 3 is 2.64 bits per heavy atom. The molecule has 0 saturated heterocycles. The summed E-state index contributed by atoms with van der Waals surface area (Å²) < 4.78 is 2.83. The van der Waals surface area contributed by atoms with Crippen LogP contribution in [0.3, 0.4) is 0 Å². The van der Waals surface area contributed by atoms with Gasteiger partial charge in [-0.05, 0) is 27.6 Å². The highest BCUT2D eigenvalue weighted by molar-refractivity contribution is 9.10. The third kappa shape index (κ3) is 1.56. The van der Waals surface area contributed by atoms with Crippen LogP contribution in [0.25, 0.3) is 5.69 Å². The molecule has 2 N–H and O–H groups in total. The zero-order valence-corrected chi connectivity index (χ0v) is 8.98. The van der Waals surface area contributed by atoms with Crippen molar-refractivity contribution in [1.82, 2.24) is 14.8 Å². The molecular formula is C9H9BrN4. The van der Waals surface area contributed by atoms with Crippen molar-refractivity contribution in [2.75, 3.05) is 0 Å². The molecule has 0 amide bonds. The number of hydrogen-bond donors (Lipinski definition) is 1. The Hall–Kier alpha value is -1.20. The molecule has 0 saturated carbocycles. The van der Waals surface area contributed by atoms with Crippen LogP contribution in [-0.4, -0.2) is 14.8 Å². The first-order valence-corrected chi connectivity index (χ1v) is 4.94. The molecule has 1 heterocycles. The van der Waals surface area contributed by atoms with Crippen molar-refractivity contribution < 1.29 is 0 Å². The highest BCUT2D eigenvalue weighted by Gasteiger charge is 2.06. The predicted octanol–water partition coefficient (Wildman–Crippen LogP) is 1.49. The second-order valence-electron chi connectivity index (χ2n) is 2.82. The Kier molecular flexibility index (Phi) is 2.60. The second kappa shape index (κ2) is 3.89. The van der Waals surface area contributed by atoms with E-state index in [0.29, 0.717) is 6.54 Å². The Morgan fingerprint density at radius 1 is 1.29 bits per heavy atom. The van der Waals surface area contributed by atoms with Gasteiger partial charge in [-0.15, -0.1) is 10.2 Å². The van der Waals surface area contributed by atoms with E-state index in [1.165, 1.54) is 0 Å². The Bertz CT molecular complexity index is 424. The number of halogens is 1. The quantitative estimate of drug-likeness (QED) is 0.882. The maximum Gasteiger partial charge on any atom is 0.123 e. The van der Waals surface area contributed by atoms with Gasteiger partial charge >= 0.3 is 0 Å². The van der Waals surface area contributed by atoms with Gasteiger partial charge in [-0.1, -0.05) is 12.1 Å². The van der Waals surface area contributed by atoms with Gasteiger partial charge in [0.05, 0.1) is 5.69 Å². The Morgan fingerprint density at radius 2 is 2.00 bits per heavy atom. The highest BCUT2D eigenvalue weighted by Crippen LogP contribution is 2.23.